The fourth-order valence-corrected chi connectivity index (χ4v) is 3.26. The number of hydrogen-bond donors (Lipinski definition) is 1. The molecule has 1 fully saturated rings. The van der Waals surface area contributed by atoms with Crippen molar-refractivity contribution in [3.63, 3.8) is 0 Å². The van der Waals surface area contributed by atoms with E-state index in [0.29, 0.717) is 24.2 Å². The second-order valence-electron chi connectivity index (χ2n) is 6.10. The number of aryl methyl sites for hydroxylation is 1. The largest absolute Gasteiger partial charge is 0.399 e. The van der Waals surface area contributed by atoms with Gasteiger partial charge in [-0.05, 0) is 35.7 Å². The summed E-state index contributed by atoms with van der Waals surface area (Å²) in [6, 6.07) is 15.3. The molecule has 0 saturated carbocycles. The number of amides is 1. The standard InChI is InChI=1S/C20H22N2O3/c1-14-5-3-4-6-17(14)15-7-9-16(10-8-15)20(24)22-12-11-18(21-25-2)19(22)13-23/h3-10,19,23H,11-13H2,1-2H3/b21-18+. The SMILES string of the molecule is CO/N=C1\CCN(C(=O)c2ccc(-c3ccccc3C)cc2)C1CO. The summed E-state index contributed by atoms with van der Waals surface area (Å²) in [5.41, 5.74) is 4.74. The minimum atomic E-state index is -0.413. The van der Waals surface area contributed by atoms with E-state index in [2.05, 4.69) is 24.2 Å². The smallest absolute Gasteiger partial charge is 0.254 e. The van der Waals surface area contributed by atoms with Gasteiger partial charge in [-0.25, -0.2) is 0 Å². The highest BCUT2D eigenvalue weighted by Gasteiger charge is 2.34. The van der Waals surface area contributed by atoms with E-state index in [9.17, 15) is 9.90 Å². The van der Waals surface area contributed by atoms with Crippen LogP contribution in [0.1, 0.15) is 22.3 Å². The Morgan fingerprint density at radius 2 is 1.96 bits per heavy atom. The van der Waals surface area contributed by atoms with Crippen molar-refractivity contribution in [3.8, 4) is 11.1 Å². The predicted octanol–water partition coefficient (Wildman–Crippen LogP) is 2.87. The molecule has 1 unspecified atom stereocenters. The number of aliphatic hydroxyl groups is 1. The minimum absolute atomic E-state index is 0.100. The van der Waals surface area contributed by atoms with Crippen molar-refractivity contribution in [1.82, 2.24) is 4.90 Å². The molecular weight excluding hydrogens is 316 g/mol. The molecule has 0 aromatic heterocycles. The maximum absolute atomic E-state index is 12.8. The van der Waals surface area contributed by atoms with Crippen LogP contribution in [0.2, 0.25) is 0 Å². The number of carbonyl (C=O) groups excluding carboxylic acids is 1. The third kappa shape index (κ3) is 3.42. The fraction of sp³-hybridized carbons (Fsp3) is 0.300. The van der Waals surface area contributed by atoms with Crippen molar-refractivity contribution >= 4 is 11.6 Å². The molecule has 1 atom stereocenters. The zero-order valence-electron chi connectivity index (χ0n) is 14.5. The minimum Gasteiger partial charge on any atom is -0.399 e. The van der Waals surface area contributed by atoms with Crippen LogP contribution in [0.3, 0.4) is 0 Å². The Kier molecular flexibility index (Phi) is 5.14. The van der Waals surface area contributed by atoms with E-state index < -0.39 is 6.04 Å². The molecule has 1 amide bonds. The summed E-state index contributed by atoms with van der Waals surface area (Å²) < 4.78 is 0. The second kappa shape index (κ2) is 7.49. The van der Waals surface area contributed by atoms with Crippen LogP contribution in [-0.4, -0.2) is 47.9 Å². The van der Waals surface area contributed by atoms with Crippen molar-refractivity contribution in [1.29, 1.82) is 0 Å². The molecule has 0 bridgehead atoms. The van der Waals surface area contributed by atoms with Crippen molar-refractivity contribution in [3.05, 3.63) is 59.7 Å². The first kappa shape index (κ1) is 17.2. The first-order valence-electron chi connectivity index (χ1n) is 8.33. The number of oxime groups is 1. The number of hydrogen-bond acceptors (Lipinski definition) is 4. The van der Waals surface area contributed by atoms with Gasteiger partial charge in [0.15, 0.2) is 0 Å². The maximum atomic E-state index is 12.8. The Morgan fingerprint density at radius 3 is 2.60 bits per heavy atom. The van der Waals surface area contributed by atoms with Gasteiger partial charge in [0.25, 0.3) is 5.91 Å². The highest BCUT2D eigenvalue weighted by molar-refractivity contribution is 6.02. The zero-order chi connectivity index (χ0) is 17.8. The normalized spacial score (nSPS) is 18.6. The fourth-order valence-electron chi connectivity index (χ4n) is 3.26. The van der Waals surface area contributed by atoms with Gasteiger partial charge in [-0.1, -0.05) is 41.6 Å². The van der Waals surface area contributed by atoms with E-state index in [1.165, 1.54) is 12.7 Å². The summed E-state index contributed by atoms with van der Waals surface area (Å²) in [6.45, 7) is 2.45. The van der Waals surface area contributed by atoms with Crippen molar-refractivity contribution < 1.29 is 14.7 Å². The van der Waals surface area contributed by atoms with Gasteiger partial charge in [-0.3, -0.25) is 4.79 Å². The van der Waals surface area contributed by atoms with Crippen LogP contribution in [0, 0.1) is 6.92 Å². The van der Waals surface area contributed by atoms with Crippen molar-refractivity contribution in [2.75, 3.05) is 20.3 Å². The van der Waals surface area contributed by atoms with Crippen LogP contribution in [0.15, 0.2) is 53.7 Å². The van der Waals surface area contributed by atoms with E-state index in [-0.39, 0.29) is 12.5 Å². The Morgan fingerprint density at radius 1 is 1.24 bits per heavy atom. The summed E-state index contributed by atoms with van der Waals surface area (Å²) in [7, 11) is 1.47. The van der Waals surface area contributed by atoms with Gasteiger partial charge in [-0.2, -0.15) is 0 Å². The molecule has 0 aliphatic carbocycles. The molecule has 0 spiro atoms. The summed E-state index contributed by atoms with van der Waals surface area (Å²) in [4.78, 5) is 19.3. The van der Waals surface area contributed by atoms with Gasteiger partial charge in [0.1, 0.15) is 7.11 Å². The summed E-state index contributed by atoms with van der Waals surface area (Å²) in [6.07, 6.45) is 0.617. The number of benzene rings is 2. The second-order valence-corrected chi connectivity index (χ2v) is 6.10. The monoisotopic (exact) mass is 338 g/mol. The summed E-state index contributed by atoms with van der Waals surface area (Å²) in [5, 5.41) is 13.6. The highest BCUT2D eigenvalue weighted by Crippen LogP contribution is 2.25. The zero-order valence-corrected chi connectivity index (χ0v) is 14.5. The molecule has 2 aromatic rings. The molecule has 1 saturated heterocycles. The molecule has 25 heavy (non-hydrogen) atoms. The maximum Gasteiger partial charge on any atom is 0.254 e. The summed E-state index contributed by atoms with van der Waals surface area (Å²) >= 11 is 0. The first-order chi connectivity index (χ1) is 12.2. The molecular formula is C20H22N2O3. The van der Waals surface area contributed by atoms with Gasteiger partial charge in [0.2, 0.25) is 0 Å². The van der Waals surface area contributed by atoms with Crippen LogP contribution in [0.4, 0.5) is 0 Å². The number of likely N-dealkylation sites (tertiary alicyclic amines) is 1. The average Bonchev–Trinajstić information content (AvgIpc) is 3.05. The van der Waals surface area contributed by atoms with Crippen LogP contribution >= 0.6 is 0 Å². The predicted molar refractivity (Wildman–Crippen MR) is 97.6 cm³/mol. The number of nitrogens with zero attached hydrogens (tertiary/aromatic N) is 2. The molecule has 2 aromatic carbocycles. The molecule has 1 N–H and O–H groups in total. The van der Waals surface area contributed by atoms with Gasteiger partial charge in [-0.15, -0.1) is 0 Å². The number of carbonyl (C=O) groups is 1. The lowest BCUT2D eigenvalue weighted by Crippen LogP contribution is -2.40. The van der Waals surface area contributed by atoms with E-state index in [4.69, 9.17) is 4.84 Å². The lowest BCUT2D eigenvalue weighted by Gasteiger charge is -2.23. The van der Waals surface area contributed by atoms with E-state index in [0.717, 1.165) is 11.1 Å². The topological polar surface area (TPSA) is 62.1 Å². The van der Waals surface area contributed by atoms with E-state index in [1.807, 2.05) is 36.4 Å². The van der Waals surface area contributed by atoms with Crippen LogP contribution < -0.4 is 0 Å². The quantitative estimate of drug-likeness (QED) is 0.872. The third-order valence-electron chi connectivity index (χ3n) is 4.60. The lowest BCUT2D eigenvalue weighted by molar-refractivity contribution is 0.0707. The molecule has 5 nitrogen and oxygen atoms in total. The van der Waals surface area contributed by atoms with Crippen LogP contribution in [0.5, 0.6) is 0 Å². The lowest BCUT2D eigenvalue weighted by atomic mass is 9.99. The van der Waals surface area contributed by atoms with E-state index in [1.54, 1.807) is 4.90 Å². The van der Waals surface area contributed by atoms with E-state index >= 15 is 0 Å². The molecule has 1 aliphatic rings. The molecule has 3 rings (SSSR count). The number of aliphatic hydroxyl groups excluding tert-OH is 1. The van der Waals surface area contributed by atoms with Crippen LogP contribution in [0.25, 0.3) is 11.1 Å². The molecule has 5 heteroatoms. The Bertz CT molecular complexity index is 784. The van der Waals surface area contributed by atoms with Gasteiger partial charge >= 0.3 is 0 Å². The van der Waals surface area contributed by atoms with Gasteiger partial charge in [0, 0.05) is 18.5 Å². The molecule has 0 radical (unpaired) electrons. The molecule has 1 aliphatic heterocycles. The van der Waals surface area contributed by atoms with Gasteiger partial charge < -0.3 is 14.8 Å². The molecule has 1 heterocycles. The summed E-state index contributed by atoms with van der Waals surface area (Å²) in [5.74, 6) is -0.100. The Labute approximate surface area is 147 Å². The average molecular weight is 338 g/mol. The Hall–Kier alpha value is -2.66. The highest BCUT2D eigenvalue weighted by atomic mass is 16.6. The number of rotatable bonds is 4. The van der Waals surface area contributed by atoms with Crippen molar-refractivity contribution in [2.45, 2.75) is 19.4 Å². The van der Waals surface area contributed by atoms with Crippen molar-refractivity contribution in [2.24, 2.45) is 5.16 Å². The molecule has 130 valence electrons. The van der Waals surface area contributed by atoms with Crippen LogP contribution in [-0.2, 0) is 4.84 Å². The Balaban J connectivity index is 1.82. The third-order valence-corrected chi connectivity index (χ3v) is 4.60. The van der Waals surface area contributed by atoms with Gasteiger partial charge in [0.05, 0.1) is 18.4 Å². The first-order valence-corrected chi connectivity index (χ1v) is 8.33.